The van der Waals surface area contributed by atoms with Crippen molar-refractivity contribution in [1.29, 1.82) is 0 Å². The summed E-state index contributed by atoms with van der Waals surface area (Å²) < 4.78 is 10.6. The van der Waals surface area contributed by atoms with Gasteiger partial charge in [-0.2, -0.15) is 0 Å². The summed E-state index contributed by atoms with van der Waals surface area (Å²) >= 11 is 0. The largest absolute Gasteiger partial charge is 0.466 e. The first-order chi connectivity index (χ1) is 14.0. The van der Waals surface area contributed by atoms with Crippen molar-refractivity contribution in [1.82, 2.24) is 0 Å². The monoisotopic (exact) mass is 430 g/mol. The maximum atomic E-state index is 11.9. The molecule has 0 rings (SSSR count). The maximum absolute atomic E-state index is 11.9. The fourth-order valence-electron chi connectivity index (χ4n) is 3.39. The minimum absolute atomic E-state index is 0.191. The number of unbranched alkanes of at least 4 members (excludes halogenated alkanes) is 4. The molecule has 0 aliphatic carbocycles. The lowest BCUT2D eigenvalue weighted by Crippen LogP contribution is -2.34. The predicted molar refractivity (Wildman–Crippen MR) is 119 cm³/mol. The van der Waals surface area contributed by atoms with Crippen LogP contribution >= 0.6 is 0 Å². The zero-order chi connectivity index (χ0) is 23.0. The molecule has 6 heteroatoms. The Kier molecular flexibility index (Phi) is 15.0. The topological polar surface area (TPSA) is 93.1 Å². The van der Waals surface area contributed by atoms with Crippen LogP contribution < -0.4 is 0 Å². The number of carbonyl (C=O) groups excluding carboxylic acids is 2. The zero-order valence-electron chi connectivity index (χ0n) is 20.0. The van der Waals surface area contributed by atoms with Crippen molar-refractivity contribution in [3.05, 3.63) is 0 Å². The smallest absolute Gasteiger partial charge is 0.305 e. The number of hydrogen-bond donors (Lipinski definition) is 2. The van der Waals surface area contributed by atoms with E-state index in [1.807, 2.05) is 27.7 Å². The third-order valence-corrected chi connectivity index (χ3v) is 5.42. The van der Waals surface area contributed by atoms with Crippen LogP contribution in [0.25, 0.3) is 0 Å². The van der Waals surface area contributed by atoms with Gasteiger partial charge in [-0.3, -0.25) is 9.59 Å². The van der Waals surface area contributed by atoms with Crippen molar-refractivity contribution in [2.45, 2.75) is 123 Å². The molecule has 0 aromatic heterocycles. The molecule has 0 bridgehead atoms. The van der Waals surface area contributed by atoms with Gasteiger partial charge in [-0.05, 0) is 51.9 Å². The van der Waals surface area contributed by atoms with Gasteiger partial charge >= 0.3 is 11.9 Å². The summed E-state index contributed by atoms with van der Waals surface area (Å²) in [5.74, 6) is -0.478. The molecule has 0 aliphatic heterocycles. The average molecular weight is 431 g/mol. The summed E-state index contributed by atoms with van der Waals surface area (Å²) in [6, 6.07) is 0. The van der Waals surface area contributed by atoms with Crippen LogP contribution in [0.2, 0.25) is 0 Å². The number of rotatable bonds is 18. The summed E-state index contributed by atoms with van der Waals surface area (Å²) in [5, 5.41) is 19.7. The van der Waals surface area contributed by atoms with Crippen LogP contribution in [0.3, 0.4) is 0 Å². The Bertz CT molecular complexity index is 472. The van der Waals surface area contributed by atoms with Crippen LogP contribution in [0.1, 0.15) is 112 Å². The standard InChI is InChI=1S/C24H46O6/c1-6-20(25)14-10-8-9-13-17-29-21(26)15-11-12-16-22(27)30-19-23(3,4)18-24(5,28)7-2/h20,25,28H,6-19H2,1-5H3. The van der Waals surface area contributed by atoms with Gasteiger partial charge in [0, 0.05) is 18.3 Å². The Labute approximate surface area is 183 Å². The van der Waals surface area contributed by atoms with E-state index in [0.29, 0.717) is 38.7 Å². The molecule has 6 nitrogen and oxygen atoms in total. The van der Waals surface area contributed by atoms with Crippen molar-refractivity contribution in [2.24, 2.45) is 5.41 Å². The van der Waals surface area contributed by atoms with Crippen molar-refractivity contribution in [3.63, 3.8) is 0 Å². The molecular weight excluding hydrogens is 384 g/mol. The molecule has 2 unspecified atom stereocenters. The molecule has 0 saturated carbocycles. The van der Waals surface area contributed by atoms with E-state index < -0.39 is 5.60 Å². The molecule has 30 heavy (non-hydrogen) atoms. The third-order valence-electron chi connectivity index (χ3n) is 5.42. The van der Waals surface area contributed by atoms with Crippen molar-refractivity contribution in [2.75, 3.05) is 13.2 Å². The number of aliphatic hydroxyl groups is 2. The van der Waals surface area contributed by atoms with Gasteiger partial charge in [0.05, 0.1) is 24.9 Å². The molecule has 0 aliphatic rings. The van der Waals surface area contributed by atoms with Gasteiger partial charge in [-0.25, -0.2) is 0 Å². The van der Waals surface area contributed by atoms with Crippen LogP contribution in [-0.2, 0) is 19.1 Å². The first-order valence-electron chi connectivity index (χ1n) is 11.7. The van der Waals surface area contributed by atoms with E-state index in [1.165, 1.54) is 0 Å². The van der Waals surface area contributed by atoms with Gasteiger partial charge in [0.1, 0.15) is 0 Å². The summed E-state index contributed by atoms with van der Waals surface area (Å²) in [5.41, 5.74) is -1.04. The second-order valence-corrected chi connectivity index (χ2v) is 9.54. The molecule has 0 saturated heterocycles. The summed E-state index contributed by atoms with van der Waals surface area (Å²) in [6.07, 6.45) is 8.39. The van der Waals surface area contributed by atoms with E-state index in [4.69, 9.17) is 9.47 Å². The summed E-state index contributed by atoms with van der Waals surface area (Å²) in [7, 11) is 0. The van der Waals surface area contributed by atoms with E-state index in [2.05, 4.69) is 0 Å². The molecule has 0 amide bonds. The number of ether oxygens (including phenoxy) is 2. The quantitative estimate of drug-likeness (QED) is 0.236. The Morgan fingerprint density at radius 2 is 1.43 bits per heavy atom. The Hall–Kier alpha value is -1.14. The highest BCUT2D eigenvalue weighted by Gasteiger charge is 2.30. The maximum Gasteiger partial charge on any atom is 0.305 e. The van der Waals surface area contributed by atoms with Gasteiger partial charge in [0.15, 0.2) is 0 Å². The van der Waals surface area contributed by atoms with Gasteiger partial charge in [-0.15, -0.1) is 0 Å². The van der Waals surface area contributed by atoms with Crippen molar-refractivity contribution >= 4 is 11.9 Å². The predicted octanol–water partition coefficient (Wildman–Crippen LogP) is 4.93. The van der Waals surface area contributed by atoms with Gasteiger partial charge in [0.25, 0.3) is 0 Å². The summed E-state index contributed by atoms with van der Waals surface area (Å²) in [6.45, 7) is 10.4. The highest BCUT2D eigenvalue weighted by Crippen LogP contribution is 2.30. The van der Waals surface area contributed by atoms with Crippen LogP contribution in [0, 0.1) is 5.41 Å². The molecule has 0 aromatic rings. The lowest BCUT2D eigenvalue weighted by atomic mass is 9.80. The Balaban J connectivity index is 3.70. The SMILES string of the molecule is CCC(O)CCCCCCOC(=O)CCCCC(=O)OCC(C)(C)CC(C)(O)CC. The molecule has 0 heterocycles. The Morgan fingerprint density at radius 1 is 0.867 bits per heavy atom. The van der Waals surface area contributed by atoms with E-state index in [1.54, 1.807) is 6.92 Å². The van der Waals surface area contributed by atoms with Gasteiger partial charge in [0.2, 0.25) is 0 Å². The average Bonchev–Trinajstić information content (AvgIpc) is 2.68. The minimum atomic E-state index is -0.756. The first kappa shape index (κ1) is 28.9. The second kappa shape index (κ2) is 15.6. The van der Waals surface area contributed by atoms with E-state index in [0.717, 1.165) is 38.5 Å². The minimum Gasteiger partial charge on any atom is -0.466 e. The lowest BCUT2D eigenvalue weighted by Gasteiger charge is -2.32. The van der Waals surface area contributed by atoms with Gasteiger partial charge in [-0.1, -0.05) is 47.0 Å². The fraction of sp³-hybridized carbons (Fsp3) is 0.917. The van der Waals surface area contributed by atoms with E-state index in [9.17, 15) is 19.8 Å². The van der Waals surface area contributed by atoms with Crippen LogP contribution in [0.5, 0.6) is 0 Å². The molecule has 2 atom stereocenters. The van der Waals surface area contributed by atoms with E-state index in [-0.39, 0.29) is 36.5 Å². The molecule has 0 fully saturated rings. The highest BCUT2D eigenvalue weighted by atomic mass is 16.5. The molecule has 0 radical (unpaired) electrons. The molecule has 0 aromatic carbocycles. The van der Waals surface area contributed by atoms with Gasteiger partial charge < -0.3 is 19.7 Å². The van der Waals surface area contributed by atoms with Crippen molar-refractivity contribution < 1.29 is 29.3 Å². The van der Waals surface area contributed by atoms with Crippen LogP contribution in [-0.4, -0.2) is 47.1 Å². The van der Waals surface area contributed by atoms with Crippen LogP contribution in [0.15, 0.2) is 0 Å². The second-order valence-electron chi connectivity index (χ2n) is 9.54. The van der Waals surface area contributed by atoms with Crippen LogP contribution in [0.4, 0.5) is 0 Å². The highest BCUT2D eigenvalue weighted by molar-refractivity contribution is 5.70. The molecule has 0 spiro atoms. The third kappa shape index (κ3) is 16.6. The normalized spacial score (nSPS) is 14.8. The molecule has 2 N–H and O–H groups in total. The Morgan fingerprint density at radius 3 is 2.00 bits per heavy atom. The zero-order valence-corrected chi connectivity index (χ0v) is 20.0. The number of esters is 2. The first-order valence-corrected chi connectivity index (χ1v) is 11.7. The fourth-order valence-corrected chi connectivity index (χ4v) is 3.39. The van der Waals surface area contributed by atoms with Crippen molar-refractivity contribution in [3.8, 4) is 0 Å². The lowest BCUT2D eigenvalue weighted by molar-refractivity contribution is -0.149. The number of carbonyl (C=O) groups is 2. The summed E-state index contributed by atoms with van der Waals surface area (Å²) in [4.78, 5) is 23.6. The molecular formula is C24H46O6. The number of aliphatic hydroxyl groups excluding tert-OH is 1. The number of hydrogen-bond acceptors (Lipinski definition) is 6. The van der Waals surface area contributed by atoms with E-state index >= 15 is 0 Å². The molecule has 178 valence electrons.